The maximum atomic E-state index is 13.7. The van der Waals surface area contributed by atoms with Gasteiger partial charge in [0.1, 0.15) is 17.7 Å². The van der Waals surface area contributed by atoms with Crippen LogP contribution in [0.2, 0.25) is 0 Å². The molecular weight excluding hydrogens is 488 g/mol. The Morgan fingerprint density at radius 3 is 2.16 bits per heavy atom. The van der Waals surface area contributed by atoms with Gasteiger partial charge in [0.05, 0.1) is 13.0 Å². The van der Waals surface area contributed by atoms with Crippen LogP contribution in [0.25, 0.3) is 0 Å². The van der Waals surface area contributed by atoms with E-state index < -0.39 is 54.5 Å². The molecule has 10 nitrogen and oxygen atoms in total. The maximum absolute atomic E-state index is 13.7. The highest BCUT2D eigenvalue weighted by molar-refractivity contribution is 5.94. The quantitative estimate of drug-likeness (QED) is 0.333. The molecule has 0 fully saturated rings. The summed E-state index contributed by atoms with van der Waals surface area (Å²) in [6.07, 6.45) is -0.656. The SMILES string of the molecule is CCc1ccc(C(C(=O)NCc2ccccc2)N(CCO)C(=O)C(CC(N)=O)NC(=O)OC(C)(C)C)cc1. The third kappa shape index (κ3) is 9.51. The number of aliphatic hydroxyl groups excluding tert-OH is 1. The zero-order chi connectivity index (χ0) is 28.3. The molecular formula is C28H38N4O6. The number of carbonyl (C=O) groups is 4. The molecule has 10 heteroatoms. The van der Waals surface area contributed by atoms with Gasteiger partial charge in [-0.05, 0) is 43.9 Å². The topological polar surface area (TPSA) is 151 Å². The van der Waals surface area contributed by atoms with Crippen LogP contribution in [0.15, 0.2) is 54.6 Å². The van der Waals surface area contributed by atoms with Crippen LogP contribution in [0.1, 0.15) is 56.8 Å². The van der Waals surface area contributed by atoms with Gasteiger partial charge >= 0.3 is 6.09 Å². The number of nitrogens with one attached hydrogen (secondary N) is 2. The molecule has 0 radical (unpaired) electrons. The Morgan fingerprint density at radius 2 is 1.63 bits per heavy atom. The van der Waals surface area contributed by atoms with Gasteiger partial charge in [-0.3, -0.25) is 14.4 Å². The summed E-state index contributed by atoms with van der Waals surface area (Å²) in [6.45, 7) is 6.48. The second kappa shape index (κ2) is 14.1. The van der Waals surface area contributed by atoms with Crippen LogP contribution in [0.4, 0.5) is 4.79 Å². The number of benzene rings is 2. The fourth-order valence-corrected chi connectivity index (χ4v) is 3.82. The minimum atomic E-state index is -1.41. The van der Waals surface area contributed by atoms with E-state index in [-0.39, 0.29) is 13.1 Å². The molecule has 4 amide bonds. The number of hydrogen-bond acceptors (Lipinski definition) is 6. The molecule has 0 spiro atoms. The molecule has 0 bridgehead atoms. The zero-order valence-electron chi connectivity index (χ0n) is 22.4. The third-order valence-corrected chi connectivity index (χ3v) is 5.59. The van der Waals surface area contributed by atoms with E-state index in [1.807, 2.05) is 49.4 Å². The predicted molar refractivity (Wildman–Crippen MR) is 143 cm³/mol. The number of nitrogens with two attached hydrogens (primary N) is 1. The van der Waals surface area contributed by atoms with Crippen LogP contribution in [0.3, 0.4) is 0 Å². The van der Waals surface area contributed by atoms with Crippen LogP contribution in [0.5, 0.6) is 0 Å². The second-order valence-corrected chi connectivity index (χ2v) is 9.83. The fraction of sp³-hybridized carbons (Fsp3) is 0.429. The van der Waals surface area contributed by atoms with Crippen molar-refractivity contribution in [3.05, 3.63) is 71.3 Å². The van der Waals surface area contributed by atoms with E-state index in [1.165, 1.54) is 0 Å². The van der Waals surface area contributed by atoms with E-state index in [0.717, 1.165) is 22.4 Å². The lowest BCUT2D eigenvalue weighted by atomic mass is 10.00. The van der Waals surface area contributed by atoms with Crippen molar-refractivity contribution in [3.63, 3.8) is 0 Å². The van der Waals surface area contributed by atoms with Crippen LogP contribution in [-0.4, -0.2) is 58.6 Å². The number of ether oxygens (including phenoxy) is 1. The van der Waals surface area contributed by atoms with Crippen molar-refractivity contribution in [2.45, 2.75) is 64.8 Å². The number of nitrogens with zero attached hydrogens (tertiary/aromatic N) is 1. The Kier molecular flexibility index (Phi) is 11.3. The number of rotatable bonds is 12. The summed E-state index contributed by atoms with van der Waals surface area (Å²) < 4.78 is 5.24. The van der Waals surface area contributed by atoms with Gasteiger partial charge in [-0.1, -0.05) is 61.5 Å². The Hall–Kier alpha value is -3.92. The highest BCUT2D eigenvalue weighted by Crippen LogP contribution is 2.24. The minimum absolute atomic E-state index is 0.214. The lowest BCUT2D eigenvalue weighted by Gasteiger charge is -2.34. The molecule has 0 saturated carbocycles. The number of aryl methyl sites for hydroxylation is 1. The summed E-state index contributed by atoms with van der Waals surface area (Å²) in [6, 6.07) is 13.9. The smallest absolute Gasteiger partial charge is 0.408 e. The van der Waals surface area contributed by atoms with Crippen molar-refractivity contribution >= 4 is 23.8 Å². The molecule has 0 heterocycles. The molecule has 2 rings (SSSR count). The van der Waals surface area contributed by atoms with Crippen LogP contribution >= 0.6 is 0 Å². The minimum Gasteiger partial charge on any atom is -0.444 e. The van der Waals surface area contributed by atoms with Gasteiger partial charge in [0.15, 0.2) is 0 Å². The average Bonchev–Trinajstić information content (AvgIpc) is 2.86. The van der Waals surface area contributed by atoms with E-state index in [4.69, 9.17) is 10.5 Å². The van der Waals surface area contributed by atoms with E-state index in [1.54, 1.807) is 32.9 Å². The van der Waals surface area contributed by atoms with Gasteiger partial charge in [-0.15, -0.1) is 0 Å². The monoisotopic (exact) mass is 526 g/mol. The Labute approximate surface area is 223 Å². The predicted octanol–water partition coefficient (Wildman–Crippen LogP) is 2.20. The summed E-state index contributed by atoms with van der Waals surface area (Å²) in [4.78, 5) is 52.7. The fourth-order valence-electron chi connectivity index (χ4n) is 3.82. The Balaban J connectivity index is 2.44. The van der Waals surface area contributed by atoms with Gasteiger partial charge in [-0.25, -0.2) is 4.79 Å². The molecule has 5 N–H and O–H groups in total. The summed E-state index contributed by atoms with van der Waals surface area (Å²) in [5, 5.41) is 15.1. The number of aliphatic hydroxyl groups is 1. The molecule has 2 atom stereocenters. The molecule has 38 heavy (non-hydrogen) atoms. The van der Waals surface area contributed by atoms with E-state index in [0.29, 0.717) is 5.56 Å². The van der Waals surface area contributed by atoms with E-state index >= 15 is 0 Å². The average molecular weight is 527 g/mol. The van der Waals surface area contributed by atoms with Crippen molar-refractivity contribution in [1.29, 1.82) is 0 Å². The Bertz CT molecular complexity index is 1080. The van der Waals surface area contributed by atoms with Crippen molar-refractivity contribution in [3.8, 4) is 0 Å². The first-order valence-corrected chi connectivity index (χ1v) is 12.5. The maximum Gasteiger partial charge on any atom is 0.408 e. The summed E-state index contributed by atoms with van der Waals surface area (Å²) in [5.74, 6) is -2.08. The highest BCUT2D eigenvalue weighted by Gasteiger charge is 2.36. The lowest BCUT2D eigenvalue weighted by molar-refractivity contribution is -0.144. The summed E-state index contributed by atoms with van der Waals surface area (Å²) >= 11 is 0. The molecule has 0 aliphatic carbocycles. The second-order valence-electron chi connectivity index (χ2n) is 9.83. The molecule has 2 aromatic carbocycles. The first-order chi connectivity index (χ1) is 17.9. The molecule has 0 aromatic heterocycles. The Morgan fingerprint density at radius 1 is 1.00 bits per heavy atom. The number of alkyl carbamates (subject to hydrolysis) is 1. The number of carbonyl (C=O) groups excluding carboxylic acids is 4. The lowest BCUT2D eigenvalue weighted by Crippen LogP contribution is -2.54. The number of primary amides is 1. The van der Waals surface area contributed by atoms with Gasteiger partial charge in [0.2, 0.25) is 17.7 Å². The molecule has 0 aliphatic heterocycles. The van der Waals surface area contributed by atoms with E-state index in [2.05, 4.69) is 10.6 Å². The highest BCUT2D eigenvalue weighted by atomic mass is 16.6. The first kappa shape index (κ1) is 30.3. The summed E-state index contributed by atoms with van der Waals surface area (Å²) in [5.41, 5.74) is 6.92. The molecule has 0 saturated heterocycles. The van der Waals surface area contributed by atoms with Crippen LogP contribution in [-0.2, 0) is 32.1 Å². The van der Waals surface area contributed by atoms with Crippen molar-refractivity contribution in [2.75, 3.05) is 13.2 Å². The largest absolute Gasteiger partial charge is 0.444 e. The molecule has 206 valence electrons. The van der Waals surface area contributed by atoms with Crippen molar-refractivity contribution in [2.24, 2.45) is 5.73 Å². The number of amides is 4. The third-order valence-electron chi connectivity index (χ3n) is 5.59. The van der Waals surface area contributed by atoms with Gasteiger partial charge in [-0.2, -0.15) is 0 Å². The van der Waals surface area contributed by atoms with Crippen molar-refractivity contribution < 1.29 is 29.0 Å². The van der Waals surface area contributed by atoms with Gasteiger partial charge in [0.25, 0.3) is 0 Å². The molecule has 2 unspecified atom stereocenters. The molecule has 2 aromatic rings. The normalized spacial score (nSPS) is 12.7. The van der Waals surface area contributed by atoms with Crippen LogP contribution in [0, 0.1) is 0 Å². The van der Waals surface area contributed by atoms with Gasteiger partial charge in [0, 0.05) is 13.1 Å². The zero-order valence-corrected chi connectivity index (χ0v) is 22.4. The van der Waals surface area contributed by atoms with Gasteiger partial charge < -0.3 is 31.1 Å². The van der Waals surface area contributed by atoms with E-state index in [9.17, 15) is 24.3 Å². The van der Waals surface area contributed by atoms with Crippen LogP contribution < -0.4 is 16.4 Å². The standard InChI is InChI=1S/C28H38N4O6/c1-5-19-11-13-21(14-12-19)24(25(35)30-18-20-9-7-6-8-10-20)32(15-16-33)26(36)22(17-23(29)34)31-27(37)38-28(2,3)4/h6-14,22,24,33H,5,15-18H2,1-4H3,(H2,29,34)(H,30,35)(H,31,37). The number of hydrogen-bond donors (Lipinski definition) is 4. The summed E-state index contributed by atoms with van der Waals surface area (Å²) in [7, 11) is 0. The molecule has 0 aliphatic rings. The first-order valence-electron chi connectivity index (χ1n) is 12.5. The van der Waals surface area contributed by atoms with Crippen molar-refractivity contribution in [1.82, 2.24) is 15.5 Å².